The molecule has 1 N–H and O–H groups in total. The Kier molecular flexibility index (Phi) is 15.0. The van der Waals surface area contributed by atoms with Gasteiger partial charge in [0.25, 0.3) is 5.91 Å². The first kappa shape index (κ1) is 42.6. The second kappa shape index (κ2) is 20.1. The zero-order valence-corrected chi connectivity index (χ0v) is 34.9. The number of hydrogen-bond acceptors (Lipinski definition) is 9. The molecule has 3 aromatic rings. The fraction of sp³-hybridized carbons (Fsp3) is 0.523. The Morgan fingerprint density at radius 1 is 0.842 bits per heavy atom. The highest BCUT2D eigenvalue weighted by atomic mass is 35.5. The van der Waals surface area contributed by atoms with Crippen LogP contribution in [-0.2, 0) is 36.8 Å². The molecule has 2 aliphatic carbocycles. The van der Waals surface area contributed by atoms with Gasteiger partial charge in [0, 0.05) is 52.9 Å². The summed E-state index contributed by atoms with van der Waals surface area (Å²) in [6.45, 7) is 5.25. The van der Waals surface area contributed by atoms with Crippen LogP contribution in [0.3, 0.4) is 0 Å². The molecule has 13 heteroatoms. The van der Waals surface area contributed by atoms with Gasteiger partial charge in [-0.05, 0) is 117 Å². The normalized spacial score (nSPS) is 20.0. The van der Waals surface area contributed by atoms with E-state index in [2.05, 4.69) is 28.4 Å². The van der Waals surface area contributed by atoms with Crippen molar-refractivity contribution in [1.29, 1.82) is 0 Å². The highest BCUT2D eigenvalue weighted by molar-refractivity contribution is 6.37. The van der Waals surface area contributed by atoms with Crippen molar-refractivity contribution in [2.45, 2.75) is 64.0 Å². The number of aryl methyl sites for hydroxylation is 2. The van der Waals surface area contributed by atoms with Crippen LogP contribution >= 0.6 is 23.2 Å². The predicted molar refractivity (Wildman–Crippen MR) is 219 cm³/mol. The molecule has 1 heterocycles. The Labute approximate surface area is 346 Å². The fourth-order valence-electron chi connectivity index (χ4n) is 7.40. The van der Waals surface area contributed by atoms with Gasteiger partial charge < -0.3 is 38.8 Å². The minimum atomic E-state index is -0.358. The smallest absolute Gasteiger partial charge is 0.309 e. The molecule has 2 saturated carbocycles. The van der Waals surface area contributed by atoms with Gasteiger partial charge in [-0.1, -0.05) is 41.4 Å². The number of likely N-dealkylation sites (N-methyl/N-ethyl adjacent to an activating group) is 1. The zero-order chi connectivity index (χ0) is 40.5. The van der Waals surface area contributed by atoms with E-state index in [1.54, 1.807) is 21.2 Å². The van der Waals surface area contributed by atoms with Crippen molar-refractivity contribution in [3.63, 3.8) is 0 Å². The predicted octanol–water partition coefficient (Wildman–Crippen LogP) is 6.87. The summed E-state index contributed by atoms with van der Waals surface area (Å²) in [5, 5.41) is 4.43. The summed E-state index contributed by atoms with van der Waals surface area (Å²) >= 11 is 12.6. The number of rotatable bonds is 20. The van der Waals surface area contributed by atoms with Gasteiger partial charge in [-0.2, -0.15) is 0 Å². The molecule has 2 amide bonds. The molecular weight excluding hydrogens is 769 g/mol. The van der Waals surface area contributed by atoms with Gasteiger partial charge in [-0.25, -0.2) is 0 Å². The molecule has 6 rings (SSSR count). The Balaban J connectivity index is 1.07. The maximum Gasteiger partial charge on any atom is 0.309 e. The number of nitrogens with one attached hydrogen (secondary N) is 1. The van der Waals surface area contributed by atoms with E-state index >= 15 is 0 Å². The summed E-state index contributed by atoms with van der Waals surface area (Å²) in [4.78, 5) is 42.4. The first-order valence-corrected chi connectivity index (χ1v) is 20.7. The summed E-state index contributed by atoms with van der Waals surface area (Å²) in [6, 6.07) is 18.1. The van der Waals surface area contributed by atoms with E-state index < -0.39 is 0 Å². The van der Waals surface area contributed by atoms with Crippen LogP contribution in [-0.4, -0.2) is 101 Å². The van der Waals surface area contributed by atoms with E-state index in [1.165, 1.54) is 4.90 Å². The van der Waals surface area contributed by atoms with Gasteiger partial charge in [-0.3, -0.25) is 14.4 Å². The van der Waals surface area contributed by atoms with Crippen LogP contribution in [0.1, 0.15) is 60.3 Å². The highest BCUT2D eigenvalue weighted by Gasteiger charge is 2.45. The molecule has 11 nitrogen and oxygen atoms in total. The molecular formula is C44H55Cl2N3O8. The van der Waals surface area contributed by atoms with Gasteiger partial charge in [0.05, 0.1) is 28.5 Å². The number of carbonyl (C=O) groups is 3. The van der Waals surface area contributed by atoms with E-state index in [0.29, 0.717) is 55.1 Å². The fourth-order valence-corrected chi connectivity index (χ4v) is 8.11. The second-order valence-electron chi connectivity index (χ2n) is 15.6. The van der Waals surface area contributed by atoms with Crippen molar-refractivity contribution >= 4 is 41.0 Å². The molecule has 3 aromatic carbocycles. The summed E-state index contributed by atoms with van der Waals surface area (Å²) in [6.07, 6.45) is 5.17. The minimum absolute atomic E-state index is 0.0331. The maximum atomic E-state index is 14.5. The lowest BCUT2D eigenvalue weighted by Crippen LogP contribution is -2.47. The van der Waals surface area contributed by atoms with Gasteiger partial charge in [-0.15, -0.1) is 0 Å². The van der Waals surface area contributed by atoms with E-state index in [1.807, 2.05) is 43.3 Å². The van der Waals surface area contributed by atoms with E-state index in [-0.39, 0.29) is 60.7 Å². The summed E-state index contributed by atoms with van der Waals surface area (Å²) in [7, 11) is 4.96. The lowest BCUT2D eigenvalue weighted by atomic mass is 9.80. The third kappa shape index (κ3) is 12.0. The SMILES string of the molecule is COCCCc1cc(CN(C(=O)[C@H]2CNCC[C@@H]2c2ccc(OCCOc3c(Cl)cc(C)cc3Cl)cc2)C2CC2)cc(OC[C@@H]2C[C@H]2C(=O)OCC(=O)N(C)C)c1. The van der Waals surface area contributed by atoms with Crippen molar-refractivity contribution < 1.29 is 38.1 Å². The first-order valence-electron chi connectivity index (χ1n) is 19.9. The third-order valence-electron chi connectivity index (χ3n) is 10.8. The zero-order valence-electron chi connectivity index (χ0n) is 33.4. The number of methoxy groups -OCH3 is 1. The summed E-state index contributed by atoms with van der Waals surface area (Å²) in [5.41, 5.74) is 4.22. The standard InChI is InChI=1S/C44H55Cl2N3O8/c1-28-18-39(45)42(40(46)19-28)55-17-16-54-34-11-7-31(8-12-34)36-13-14-47-24-38(36)43(51)49(33-9-10-33)25-30-20-29(6-5-15-53-4)21-35(22-30)56-26-32-23-37(32)44(52)57-27-41(50)48(2)3/h7-8,11-12,18-22,32-33,36-38,47H,5-6,9-10,13-17,23-27H2,1-4H3/t32-,36+,37+,38-/m0/s1. The van der Waals surface area contributed by atoms with Gasteiger partial charge in [0.15, 0.2) is 12.4 Å². The summed E-state index contributed by atoms with van der Waals surface area (Å²) < 4.78 is 28.6. The number of amides is 2. The Hall–Kier alpha value is -4.03. The number of benzene rings is 3. The monoisotopic (exact) mass is 823 g/mol. The maximum absolute atomic E-state index is 14.5. The lowest BCUT2D eigenvalue weighted by Gasteiger charge is -2.36. The van der Waals surface area contributed by atoms with Crippen LogP contribution in [0.2, 0.25) is 10.0 Å². The van der Waals surface area contributed by atoms with E-state index in [9.17, 15) is 14.4 Å². The molecule has 0 radical (unpaired) electrons. The molecule has 4 atom stereocenters. The third-order valence-corrected chi connectivity index (χ3v) is 11.4. The van der Waals surface area contributed by atoms with Crippen LogP contribution in [0, 0.1) is 24.7 Å². The van der Waals surface area contributed by atoms with Crippen LogP contribution < -0.4 is 19.5 Å². The Morgan fingerprint density at radius 2 is 1.56 bits per heavy atom. The molecule has 3 fully saturated rings. The van der Waals surface area contributed by atoms with Crippen LogP contribution in [0.15, 0.2) is 54.6 Å². The molecule has 1 saturated heterocycles. The van der Waals surface area contributed by atoms with Crippen molar-refractivity contribution in [3.05, 3.63) is 86.9 Å². The summed E-state index contributed by atoms with van der Waals surface area (Å²) in [5.74, 6) is 1.08. The highest BCUT2D eigenvalue weighted by Crippen LogP contribution is 2.41. The molecule has 57 heavy (non-hydrogen) atoms. The van der Waals surface area contributed by atoms with Gasteiger partial charge >= 0.3 is 5.97 Å². The number of nitrogens with zero attached hydrogens (tertiary/aromatic N) is 2. The average Bonchev–Trinajstić information content (AvgIpc) is 4.14. The van der Waals surface area contributed by atoms with Crippen LogP contribution in [0.25, 0.3) is 0 Å². The van der Waals surface area contributed by atoms with Crippen molar-refractivity contribution in [2.75, 3.05) is 67.3 Å². The Morgan fingerprint density at radius 3 is 2.26 bits per heavy atom. The van der Waals surface area contributed by atoms with Crippen LogP contribution in [0.4, 0.5) is 0 Å². The number of esters is 1. The van der Waals surface area contributed by atoms with Crippen LogP contribution in [0.5, 0.6) is 17.2 Å². The molecule has 1 aliphatic heterocycles. The molecule has 0 bridgehead atoms. The number of carbonyl (C=O) groups excluding carboxylic acids is 3. The quantitative estimate of drug-likeness (QED) is 0.0964. The Bertz CT molecular complexity index is 1830. The van der Waals surface area contributed by atoms with Crippen molar-refractivity contribution in [1.82, 2.24) is 15.1 Å². The van der Waals surface area contributed by atoms with Gasteiger partial charge in [0.1, 0.15) is 24.7 Å². The number of piperidine rings is 1. The topological polar surface area (TPSA) is 116 Å². The molecule has 0 spiro atoms. The first-order chi connectivity index (χ1) is 27.5. The number of halogens is 2. The van der Waals surface area contributed by atoms with Gasteiger partial charge in [0.2, 0.25) is 5.91 Å². The number of hydrogen-bond donors (Lipinski definition) is 1. The van der Waals surface area contributed by atoms with Crippen molar-refractivity contribution in [2.24, 2.45) is 17.8 Å². The minimum Gasteiger partial charge on any atom is -0.493 e. The van der Waals surface area contributed by atoms with Crippen molar-refractivity contribution in [3.8, 4) is 17.2 Å². The van der Waals surface area contributed by atoms with E-state index in [0.717, 1.165) is 72.4 Å². The second-order valence-corrected chi connectivity index (χ2v) is 16.4. The van der Waals surface area contributed by atoms with E-state index in [4.69, 9.17) is 46.9 Å². The molecule has 308 valence electrons. The molecule has 0 unspecified atom stereocenters. The average molecular weight is 825 g/mol. The lowest BCUT2D eigenvalue weighted by molar-refractivity contribution is -0.152. The molecule has 0 aromatic heterocycles. The largest absolute Gasteiger partial charge is 0.493 e. The number of ether oxygens (including phenoxy) is 5. The molecule has 3 aliphatic rings.